The fourth-order valence-corrected chi connectivity index (χ4v) is 3.97. The van der Waals surface area contributed by atoms with E-state index in [1.165, 1.54) is 36.4 Å². The van der Waals surface area contributed by atoms with Crippen LogP contribution in [0.2, 0.25) is 0 Å². The molecule has 2 atom stereocenters. The van der Waals surface area contributed by atoms with Crippen molar-refractivity contribution in [2.45, 2.75) is 56.9 Å². The molecular weight excluding hydrogens is 216 g/mol. The molecule has 2 N–H and O–H groups in total. The molecule has 3 rings (SSSR count). The van der Waals surface area contributed by atoms with E-state index in [1.54, 1.807) is 0 Å². The van der Waals surface area contributed by atoms with Crippen LogP contribution in [-0.2, 0) is 5.54 Å². The summed E-state index contributed by atoms with van der Waals surface area (Å²) in [6, 6.07) is 0. The largest absolute Gasteiger partial charge is 0.320 e. The van der Waals surface area contributed by atoms with Gasteiger partial charge in [-0.05, 0) is 25.2 Å². The van der Waals surface area contributed by atoms with Crippen LogP contribution in [0.15, 0.2) is 5.38 Å². The second-order valence-corrected chi connectivity index (χ2v) is 6.50. The van der Waals surface area contributed by atoms with Gasteiger partial charge in [-0.1, -0.05) is 26.2 Å². The highest BCUT2D eigenvalue weighted by Crippen LogP contribution is 2.48. The van der Waals surface area contributed by atoms with Crippen molar-refractivity contribution < 1.29 is 0 Å². The number of rotatable bonds is 2. The average molecular weight is 236 g/mol. The Balaban J connectivity index is 1.80. The van der Waals surface area contributed by atoms with E-state index >= 15 is 0 Å². The molecule has 2 unspecified atom stereocenters. The summed E-state index contributed by atoms with van der Waals surface area (Å²) in [5.41, 5.74) is 7.56. The molecule has 0 aromatic carbocycles. The maximum Gasteiger partial charge on any atom is 0.0962 e. The predicted molar refractivity (Wildman–Crippen MR) is 67.6 cm³/mol. The van der Waals surface area contributed by atoms with E-state index in [-0.39, 0.29) is 5.54 Å². The van der Waals surface area contributed by atoms with Gasteiger partial charge in [0.2, 0.25) is 0 Å². The molecular formula is C13H20N2S. The molecule has 1 aromatic rings. The van der Waals surface area contributed by atoms with Gasteiger partial charge < -0.3 is 5.73 Å². The summed E-state index contributed by atoms with van der Waals surface area (Å²) in [5.74, 6) is 1.59. The standard InChI is InChI=1S/C13H20N2S/c1-9-7-10(9)12-15-11(8-16-12)13(14)5-3-2-4-6-13/h8-10H,2-7,14H2,1H3. The highest BCUT2D eigenvalue weighted by atomic mass is 32.1. The summed E-state index contributed by atoms with van der Waals surface area (Å²) in [7, 11) is 0. The first kappa shape index (κ1) is 10.7. The SMILES string of the molecule is CC1CC1c1nc(C2(N)CCCCC2)cs1. The fourth-order valence-electron chi connectivity index (χ4n) is 2.79. The van der Waals surface area contributed by atoms with E-state index in [1.807, 2.05) is 11.3 Å². The minimum absolute atomic E-state index is 0.106. The third-order valence-corrected chi connectivity index (χ3v) is 5.18. The lowest BCUT2D eigenvalue weighted by atomic mass is 9.81. The van der Waals surface area contributed by atoms with Crippen LogP contribution < -0.4 is 5.73 Å². The lowest BCUT2D eigenvalue weighted by molar-refractivity contribution is 0.296. The molecule has 0 aliphatic heterocycles. The fraction of sp³-hybridized carbons (Fsp3) is 0.769. The monoisotopic (exact) mass is 236 g/mol. The topological polar surface area (TPSA) is 38.9 Å². The van der Waals surface area contributed by atoms with Gasteiger partial charge in [-0.15, -0.1) is 11.3 Å². The molecule has 0 bridgehead atoms. The van der Waals surface area contributed by atoms with Gasteiger partial charge in [0.1, 0.15) is 0 Å². The maximum absolute atomic E-state index is 6.49. The van der Waals surface area contributed by atoms with E-state index in [4.69, 9.17) is 10.7 Å². The van der Waals surface area contributed by atoms with Crippen molar-refractivity contribution >= 4 is 11.3 Å². The molecule has 0 saturated heterocycles. The molecule has 1 aromatic heterocycles. The molecule has 2 saturated carbocycles. The Hall–Kier alpha value is -0.410. The highest BCUT2D eigenvalue weighted by molar-refractivity contribution is 7.09. The van der Waals surface area contributed by atoms with Gasteiger partial charge in [0.05, 0.1) is 16.2 Å². The van der Waals surface area contributed by atoms with Crippen molar-refractivity contribution in [2.24, 2.45) is 11.7 Å². The van der Waals surface area contributed by atoms with Crippen molar-refractivity contribution in [1.29, 1.82) is 0 Å². The van der Waals surface area contributed by atoms with Gasteiger partial charge in [0.25, 0.3) is 0 Å². The first-order valence-corrected chi connectivity index (χ1v) is 7.32. The Morgan fingerprint density at radius 1 is 1.38 bits per heavy atom. The molecule has 1 heterocycles. The number of aromatic nitrogens is 1. The van der Waals surface area contributed by atoms with Gasteiger partial charge in [-0.3, -0.25) is 0 Å². The summed E-state index contributed by atoms with van der Waals surface area (Å²) in [6.07, 6.45) is 7.44. The molecule has 2 aliphatic rings. The minimum Gasteiger partial charge on any atom is -0.320 e. The average Bonchev–Trinajstić information content (AvgIpc) is 2.82. The molecule has 0 amide bonds. The highest BCUT2D eigenvalue weighted by Gasteiger charge is 2.38. The Bertz CT molecular complexity index is 379. The molecule has 0 spiro atoms. The number of hydrogen-bond acceptors (Lipinski definition) is 3. The van der Waals surface area contributed by atoms with Crippen molar-refractivity contribution in [3.05, 3.63) is 16.1 Å². The van der Waals surface area contributed by atoms with Crippen LogP contribution in [0.5, 0.6) is 0 Å². The second kappa shape index (κ2) is 3.81. The predicted octanol–water partition coefficient (Wildman–Crippen LogP) is 3.38. The van der Waals surface area contributed by atoms with Crippen molar-refractivity contribution in [3.63, 3.8) is 0 Å². The van der Waals surface area contributed by atoms with Crippen molar-refractivity contribution in [3.8, 4) is 0 Å². The third kappa shape index (κ3) is 1.80. The van der Waals surface area contributed by atoms with E-state index in [2.05, 4.69) is 12.3 Å². The van der Waals surface area contributed by atoms with Crippen molar-refractivity contribution in [1.82, 2.24) is 4.98 Å². The quantitative estimate of drug-likeness (QED) is 0.855. The maximum atomic E-state index is 6.49. The zero-order valence-electron chi connectivity index (χ0n) is 9.91. The van der Waals surface area contributed by atoms with Gasteiger partial charge in [0, 0.05) is 11.3 Å². The molecule has 2 aliphatic carbocycles. The van der Waals surface area contributed by atoms with Gasteiger partial charge in [-0.2, -0.15) is 0 Å². The van der Waals surface area contributed by atoms with E-state index in [0.717, 1.165) is 24.7 Å². The molecule has 2 nitrogen and oxygen atoms in total. The lowest BCUT2D eigenvalue weighted by Gasteiger charge is -2.31. The molecule has 0 radical (unpaired) electrons. The summed E-state index contributed by atoms with van der Waals surface area (Å²) in [5, 5.41) is 3.55. The van der Waals surface area contributed by atoms with Gasteiger partial charge in [-0.25, -0.2) is 4.98 Å². The van der Waals surface area contributed by atoms with Crippen molar-refractivity contribution in [2.75, 3.05) is 0 Å². The number of nitrogens with zero attached hydrogens (tertiary/aromatic N) is 1. The summed E-state index contributed by atoms with van der Waals surface area (Å²) < 4.78 is 0. The molecule has 2 fully saturated rings. The van der Waals surface area contributed by atoms with Gasteiger partial charge in [0.15, 0.2) is 0 Å². The zero-order valence-corrected chi connectivity index (χ0v) is 10.7. The number of thiazole rings is 1. The van der Waals surface area contributed by atoms with Crippen LogP contribution in [0.3, 0.4) is 0 Å². The zero-order chi connectivity index (χ0) is 11.2. The Kier molecular flexibility index (Phi) is 2.55. The summed E-state index contributed by atoms with van der Waals surface area (Å²) >= 11 is 1.82. The molecule has 16 heavy (non-hydrogen) atoms. The minimum atomic E-state index is -0.106. The number of nitrogens with two attached hydrogens (primary N) is 1. The number of hydrogen-bond donors (Lipinski definition) is 1. The van der Waals surface area contributed by atoms with Crippen LogP contribution in [0, 0.1) is 5.92 Å². The van der Waals surface area contributed by atoms with E-state index in [0.29, 0.717) is 0 Å². The smallest absolute Gasteiger partial charge is 0.0962 e. The van der Waals surface area contributed by atoms with Crippen LogP contribution in [0.25, 0.3) is 0 Å². The molecule has 3 heteroatoms. The van der Waals surface area contributed by atoms with Crippen LogP contribution in [0.4, 0.5) is 0 Å². The first-order chi connectivity index (χ1) is 7.69. The van der Waals surface area contributed by atoms with Crippen LogP contribution >= 0.6 is 11.3 Å². The normalized spacial score (nSPS) is 32.6. The lowest BCUT2D eigenvalue weighted by Crippen LogP contribution is -2.38. The van der Waals surface area contributed by atoms with E-state index in [9.17, 15) is 0 Å². The van der Waals surface area contributed by atoms with E-state index < -0.39 is 0 Å². The van der Waals surface area contributed by atoms with Gasteiger partial charge >= 0.3 is 0 Å². The molecule has 88 valence electrons. The second-order valence-electron chi connectivity index (χ2n) is 5.61. The Morgan fingerprint density at radius 3 is 2.69 bits per heavy atom. The van der Waals surface area contributed by atoms with Crippen LogP contribution in [0.1, 0.15) is 62.1 Å². The summed E-state index contributed by atoms with van der Waals surface area (Å²) in [4.78, 5) is 4.81. The summed E-state index contributed by atoms with van der Waals surface area (Å²) in [6.45, 7) is 2.31. The Morgan fingerprint density at radius 2 is 2.06 bits per heavy atom. The Labute approximate surface area is 101 Å². The third-order valence-electron chi connectivity index (χ3n) is 4.20. The first-order valence-electron chi connectivity index (χ1n) is 6.44. The van der Waals surface area contributed by atoms with Crippen LogP contribution in [-0.4, -0.2) is 4.98 Å².